The fourth-order valence-electron chi connectivity index (χ4n) is 1.42. The molecule has 0 bridgehead atoms. The maximum absolute atomic E-state index is 11.7. The molecule has 0 radical (unpaired) electrons. The van der Waals surface area contributed by atoms with E-state index in [9.17, 15) is 9.59 Å². The summed E-state index contributed by atoms with van der Waals surface area (Å²) in [5.41, 5.74) is 1.19. The third-order valence-electron chi connectivity index (χ3n) is 2.11. The third kappa shape index (κ3) is 1.22. The zero-order valence-corrected chi connectivity index (χ0v) is 8.01. The molecule has 0 heterocycles. The van der Waals surface area contributed by atoms with E-state index in [1.54, 1.807) is 24.3 Å². The number of thiocarbonyl (C=S) groups is 1. The highest BCUT2D eigenvalue weighted by Crippen LogP contribution is 2.19. The van der Waals surface area contributed by atoms with E-state index in [1.165, 1.54) is 11.4 Å². The summed E-state index contributed by atoms with van der Waals surface area (Å²) in [6.45, 7) is 0. The summed E-state index contributed by atoms with van der Waals surface area (Å²) in [5.74, 6) is -0.327. The molecule has 3 heteroatoms. The van der Waals surface area contributed by atoms with Crippen LogP contribution in [0.2, 0.25) is 0 Å². The monoisotopic (exact) mass is 202 g/mol. The quantitative estimate of drug-likeness (QED) is 0.653. The van der Waals surface area contributed by atoms with Gasteiger partial charge in [-0.3, -0.25) is 9.59 Å². The summed E-state index contributed by atoms with van der Waals surface area (Å²) >= 11 is 4.66. The van der Waals surface area contributed by atoms with E-state index in [1.807, 2.05) is 0 Å². The smallest absolute Gasteiger partial charge is 0.194 e. The van der Waals surface area contributed by atoms with Gasteiger partial charge in [-0.25, -0.2) is 0 Å². The molecule has 1 aromatic carbocycles. The van der Waals surface area contributed by atoms with Crippen molar-refractivity contribution in [3.05, 3.63) is 47.0 Å². The van der Waals surface area contributed by atoms with Crippen LogP contribution in [0.5, 0.6) is 0 Å². The molecule has 0 saturated heterocycles. The van der Waals surface area contributed by atoms with Gasteiger partial charge in [0, 0.05) is 22.1 Å². The van der Waals surface area contributed by atoms with E-state index in [0.717, 1.165) is 0 Å². The summed E-state index contributed by atoms with van der Waals surface area (Å²) in [7, 11) is 0. The molecule has 0 aromatic heterocycles. The van der Waals surface area contributed by atoms with E-state index in [4.69, 9.17) is 0 Å². The number of rotatable bonds is 1. The Labute approximate surface area is 86.2 Å². The number of ketones is 2. The van der Waals surface area contributed by atoms with Crippen molar-refractivity contribution in [1.82, 2.24) is 0 Å². The van der Waals surface area contributed by atoms with E-state index >= 15 is 0 Å². The highest BCUT2D eigenvalue weighted by Gasteiger charge is 2.23. The molecule has 2 rings (SSSR count). The van der Waals surface area contributed by atoms with Crippen LogP contribution in [0, 0.1) is 0 Å². The van der Waals surface area contributed by atoms with Gasteiger partial charge in [-0.1, -0.05) is 36.5 Å². The minimum atomic E-state index is -0.171. The Morgan fingerprint density at radius 3 is 2.36 bits per heavy atom. The Balaban J connectivity index is 2.66. The molecule has 68 valence electrons. The van der Waals surface area contributed by atoms with E-state index in [0.29, 0.717) is 16.7 Å². The number of fused-ring (bicyclic) bond motifs is 1. The van der Waals surface area contributed by atoms with E-state index in [2.05, 4.69) is 12.2 Å². The lowest BCUT2D eigenvalue weighted by atomic mass is 9.90. The molecule has 0 aliphatic heterocycles. The van der Waals surface area contributed by atoms with Gasteiger partial charge in [-0.15, -0.1) is 0 Å². The van der Waals surface area contributed by atoms with Crippen LogP contribution in [0.1, 0.15) is 20.7 Å². The predicted molar refractivity (Wildman–Crippen MR) is 56.8 cm³/mol. The molecule has 0 amide bonds. The summed E-state index contributed by atoms with van der Waals surface area (Å²) in [6.07, 6.45) is 1.29. The highest BCUT2D eigenvalue weighted by atomic mass is 32.1. The molecule has 2 nitrogen and oxygen atoms in total. The van der Waals surface area contributed by atoms with Crippen LogP contribution in [0.3, 0.4) is 0 Å². The molecule has 1 aliphatic carbocycles. The van der Waals surface area contributed by atoms with Crippen LogP contribution in [0.25, 0.3) is 0 Å². The average molecular weight is 202 g/mol. The maximum atomic E-state index is 11.7. The molecule has 0 N–H and O–H groups in total. The van der Waals surface area contributed by atoms with Gasteiger partial charge in [0.05, 0.1) is 0 Å². The van der Waals surface area contributed by atoms with Crippen LogP contribution in [-0.4, -0.2) is 16.9 Å². The van der Waals surface area contributed by atoms with Crippen molar-refractivity contribution >= 4 is 29.2 Å². The fraction of sp³-hybridized carbons (Fsp3) is 0. The lowest BCUT2D eigenvalue weighted by Crippen LogP contribution is -2.16. The van der Waals surface area contributed by atoms with Gasteiger partial charge in [0.25, 0.3) is 0 Å². The molecule has 0 saturated carbocycles. The summed E-state index contributed by atoms with van der Waals surface area (Å²) in [4.78, 5) is 23.2. The first-order valence-corrected chi connectivity index (χ1v) is 4.56. The van der Waals surface area contributed by atoms with Crippen molar-refractivity contribution in [3.63, 3.8) is 0 Å². The number of carbonyl (C=O) groups is 2. The van der Waals surface area contributed by atoms with E-state index < -0.39 is 0 Å². The minimum absolute atomic E-state index is 0.156. The summed E-state index contributed by atoms with van der Waals surface area (Å²) in [5, 5.41) is 1.25. The molecular formula is C11H6O2S. The summed E-state index contributed by atoms with van der Waals surface area (Å²) in [6, 6.07) is 6.75. The van der Waals surface area contributed by atoms with Crippen LogP contribution >= 0.6 is 12.2 Å². The molecule has 1 aliphatic rings. The van der Waals surface area contributed by atoms with Crippen molar-refractivity contribution in [2.45, 2.75) is 0 Å². The number of benzene rings is 1. The second-order valence-electron chi connectivity index (χ2n) is 2.96. The normalized spacial score (nSPS) is 14.7. The van der Waals surface area contributed by atoms with Gasteiger partial charge in [-0.2, -0.15) is 0 Å². The van der Waals surface area contributed by atoms with E-state index in [-0.39, 0.29) is 11.6 Å². The number of carbonyl (C=O) groups excluding carboxylic acids is 2. The third-order valence-corrected chi connectivity index (χ3v) is 2.37. The molecular weight excluding hydrogens is 196 g/mol. The van der Waals surface area contributed by atoms with Gasteiger partial charge in [0.2, 0.25) is 0 Å². The second kappa shape index (κ2) is 3.27. The maximum Gasteiger partial charge on any atom is 0.194 e. The molecule has 0 fully saturated rings. The zero-order valence-electron chi connectivity index (χ0n) is 7.19. The molecule has 0 atom stereocenters. The molecule has 14 heavy (non-hydrogen) atoms. The Morgan fingerprint density at radius 2 is 1.71 bits per heavy atom. The first kappa shape index (κ1) is 8.97. The Bertz CT molecular complexity index is 472. The van der Waals surface area contributed by atoms with Crippen molar-refractivity contribution in [2.75, 3.05) is 0 Å². The Morgan fingerprint density at radius 1 is 1.07 bits per heavy atom. The van der Waals surface area contributed by atoms with Crippen LogP contribution in [0.4, 0.5) is 0 Å². The molecule has 0 unspecified atom stereocenters. The lowest BCUT2D eigenvalue weighted by molar-refractivity contribution is 0.0990. The molecule has 1 aromatic rings. The predicted octanol–water partition coefficient (Wildman–Crippen LogP) is 1.99. The van der Waals surface area contributed by atoms with Crippen LogP contribution < -0.4 is 0 Å². The van der Waals surface area contributed by atoms with Crippen molar-refractivity contribution in [3.8, 4) is 0 Å². The van der Waals surface area contributed by atoms with Gasteiger partial charge >= 0.3 is 0 Å². The first-order valence-electron chi connectivity index (χ1n) is 4.09. The van der Waals surface area contributed by atoms with Gasteiger partial charge in [0.15, 0.2) is 11.6 Å². The highest BCUT2D eigenvalue weighted by molar-refractivity contribution is 7.79. The number of hydrogen-bond acceptors (Lipinski definition) is 3. The zero-order chi connectivity index (χ0) is 10.1. The Kier molecular flexibility index (Phi) is 2.09. The number of Topliss-reactive ketones (excluding diaryl/α,β-unsaturated/α-hetero) is 1. The second-order valence-corrected chi connectivity index (χ2v) is 3.19. The first-order chi connectivity index (χ1) is 6.74. The minimum Gasteiger partial charge on any atom is -0.289 e. The van der Waals surface area contributed by atoms with Gasteiger partial charge in [-0.05, 0) is 6.08 Å². The number of allylic oxidation sites excluding steroid dienone is 2. The fourth-order valence-corrected chi connectivity index (χ4v) is 1.60. The lowest BCUT2D eigenvalue weighted by Gasteiger charge is -2.11. The van der Waals surface area contributed by atoms with Gasteiger partial charge < -0.3 is 0 Å². The largest absolute Gasteiger partial charge is 0.289 e. The standard InChI is InChI=1S/C11H6O2S/c12-10-5-7(6-14)11(13)9-4-2-1-3-8(9)10/h1-6H. The van der Waals surface area contributed by atoms with Crippen molar-refractivity contribution in [2.24, 2.45) is 0 Å². The SMILES string of the molecule is O=C1C=C(C=S)C(=O)c2ccccc21. The van der Waals surface area contributed by atoms with Crippen molar-refractivity contribution < 1.29 is 9.59 Å². The topological polar surface area (TPSA) is 34.1 Å². The summed E-state index contributed by atoms with van der Waals surface area (Å²) < 4.78 is 0. The Hall–Kier alpha value is -1.61. The van der Waals surface area contributed by atoms with Crippen LogP contribution in [-0.2, 0) is 0 Å². The van der Waals surface area contributed by atoms with Crippen LogP contribution in [0.15, 0.2) is 35.9 Å². The van der Waals surface area contributed by atoms with Crippen molar-refractivity contribution in [1.29, 1.82) is 0 Å². The van der Waals surface area contributed by atoms with Gasteiger partial charge in [0.1, 0.15) is 0 Å². The number of hydrogen-bond donors (Lipinski definition) is 0. The average Bonchev–Trinajstić information content (AvgIpc) is 2.23. The molecule has 0 spiro atoms.